The van der Waals surface area contributed by atoms with Crippen LogP contribution in [0.1, 0.15) is 36.8 Å². The van der Waals surface area contributed by atoms with Crippen LogP contribution in [0.3, 0.4) is 0 Å². The van der Waals surface area contributed by atoms with E-state index in [9.17, 15) is 8.42 Å². The predicted molar refractivity (Wildman–Crippen MR) is 87.0 cm³/mol. The SMILES string of the molecule is Cc1ccc(CNS(=O)(=O)NC2CCC3(CC2)OCCO3)cc1. The maximum absolute atomic E-state index is 12.2. The number of rotatable bonds is 5. The number of ether oxygens (including phenoxy) is 2. The molecule has 0 amide bonds. The maximum Gasteiger partial charge on any atom is 0.277 e. The first-order chi connectivity index (χ1) is 11.0. The van der Waals surface area contributed by atoms with Crippen molar-refractivity contribution in [1.29, 1.82) is 0 Å². The molecular formula is C16H24N2O4S. The largest absolute Gasteiger partial charge is 0.348 e. The first-order valence-corrected chi connectivity index (χ1v) is 9.55. The quantitative estimate of drug-likeness (QED) is 0.854. The van der Waals surface area contributed by atoms with Gasteiger partial charge in [0.25, 0.3) is 10.2 Å². The van der Waals surface area contributed by atoms with Gasteiger partial charge in [0.1, 0.15) is 0 Å². The van der Waals surface area contributed by atoms with Gasteiger partial charge in [-0.3, -0.25) is 0 Å². The molecule has 1 spiro atoms. The van der Waals surface area contributed by atoms with Crippen LogP contribution in [0, 0.1) is 6.92 Å². The van der Waals surface area contributed by atoms with Gasteiger partial charge in [-0.05, 0) is 25.3 Å². The summed E-state index contributed by atoms with van der Waals surface area (Å²) in [6.45, 7) is 3.56. The Morgan fingerprint density at radius 1 is 1.13 bits per heavy atom. The van der Waals surface area contributed by atoms with E-state index in [4.69, 9.17) is 9.47 Å². The minimum atomic E-state index is -3.51. The topological polar surface area (TPSA) is 76.7 Å². The summed E-state index contributed by atoms with van der Waals surface area (Å²) in [4.78, 5) is 0. The van der Waals surface area contributed by atoms with Gasteiger partial charge >= 0.3 is 0 Å². The Balaban J connectivity index is 1.48. The molecule has 1 aliphatic heterocycles. The van der Waals surface area contributed by atoms with E-state index in [-0.39, 0.29) is 6.04 Å². The van der Waals surface area contributed by atoms with Gasteiger partial charge in [-0.1, -0.05) is 29.8 Å². The normalized spacial score (nSPS) is 21.8. The molecule has 1 aliphatic carbocycles. The summed E-state index contributed by atoms with van der Waals surface area (Å²) in [6.07, 6.45) is 2.92. The second-order valence-electron chi connectivity index (χ2n) is 6.31. The van der Waals surface area contributed by atoms with E-state index in [2.05, 4.69) is 9.44 Å². The van der Waals surface area contributed by atoms with Gasteiger partial charge in [-0.2, -0.15) is 17.9 Å². The highest BCUT2D eigenvalue weighted by Crippen LogP contribution is 2.35. The lowest BCUT2D eigenvalue weighted by Gasteiger charge is -2.35. The van der Waals surface area contributed by atoms with Crippen LogP contribution in [0.15, 0.2) is 24.3 Å². The maximum atomic E-state index is 12.2. The molecular weight excluding hydrogens is 316 g/mol. The Labute approximate surface area is 137 Å². The Hall–Kier alpha value is -0.990. The highest BCUT2D eigenvalue weighted by atomic mass is 32.2. The first kappa shape index (κ1) is 16.9. The van der Waals surface area contributed by atoms with Crippen molar-refractivity contribution in [2.45, 2.75) is 51.0 Å². The lowest BCUT2D eigenvalue weighted by atomic mass is 9.91. The molecule has 1 saturated carbocycles. The van der Waals surface area contributed by atoms with Crippen LogP contribution in [0.2, 0.25) is 0 Å². The van der Waals surface area contributed by atoms with E-state index in [0.717, 1.165) is 36.8 Å². The summed E-state index contributed by atoms with van der Waals surface area (Å²) in [7, 11) is -3.51. The lowest BCUT2D eigenvalue weighted by Crippen LogP contribution is -2.47. The third kappa shape index (κ3) is 4.51. The summed E-state index contributed by atoms with van der Waals surface area (Å²) < 4.78 is 41.0. The smallest absolute Gasteiger partial charge is 0.277 e. The van der Waals surface area contributed by atoms with Crippen molar-refractivity contribution < 1.29 is 17.9 Å². The molecule has 2 N–H and O–H groups in total. The molecule has 1 aromatic rings. The average molecular weight is 340 g/mol. The molecule has 6 nitrogen and oxygen atoms in total. The zero-order valence-electron chi connectivity index (χ0n) is 13.4. The van der Waals surface area contributed by atoms with Crippen LogP contribution in [0.25, 0.3) is 0 Å². The molecule has 1 heterocycles. The standard InChI is InChI=1S/C16H24N2O4S/c1-13-2-4-14(5-3-13)12-17-23(19,20)18-15-6-8-16(9-7-15)21-10-11-22-16/h2-5,15,17-18H,6-12H2,1H3. The molecule has 7 heteroatoms. The van der Waals surface area contributed by atoms with Crippen LogP contribution in [-0.4, -0.2) is 33.5 Å². The second-order valence-corrected chi connectivity index (χ2v) is 7.84. The molecule has 3 rings (SSSR count). The highest BCUT2D eigenvalue weighted by Gasteiger charge is 2.40. The lowest BCUT2D eigenvalue weighted by molar-refractivity contribution is -0.178. The van der Waals surface area contributed by atoms with Crippen molar-refractivity contribution >= 4 is 10.2 Å². The number of aryl methyl sites for hydroxylation is 1. The summed E-state index contributed by atoms with van der Waals surface area (Å²) in [6, 6.07) is 7.73. The van der Waals surface area contributed by atoms with Gasteiger partial charge in [0, 0.05) is 25.4 Å². The molecule has 0 atom stereocenters. The second kappa shape index (κ2) is 6.86. The molecule has 1 saturated heterocycles. The Morgan fingerprint density at radius 2 is 1.74 bits per heavy atom. The van der Waals surface area contributed by atoms with Gasteiger partial charge in [0.2, 0.25) is 0 Å². The Bertz CT molecular complexity index is 614. The van der Waals surface area contributed by atoms with Gasteiger partial charge in [0.15, 0.2) is 5.79 Å². The zero-order chi connectivity index (χ0) is 16.3. The predicted octanol–water partition coefficient (Wildman–Crippen LogP) is 1.60. The van der Waals surface area contributed by atoms with Crippen LogP contribution in [0.5, 0.6) is 0 Å². The van der Waals surface area contributed by atoms with Gasteiger partial charge in [0.05, 0.1) is 13.2 Å². The van der Waals surface area contributed by atoms with Gasteiger partial charge in [-0.25, -0.2) is 0 Å². The van der Waals surface area contributed by atoms with E-state index in [0.29, 0.717) is 19.8 Å². The number of hydrogen-bond donors (Lipinski definition) is 2. The van der Waals surface area contributed by atoms with Crippen LogP contribution in [0.4, 0.5) is 0 Å². The summed E-state index contributed by atoms with van der Waals surface area (Å²) >= 11 is 0. The van der Waals surface area contributed by atoms with E-state index in [1.54, 1.807) is 0 Å². The minimum absolute atomic E-state index is 0.0658. The number of benzene rings is 1. The fourth-order valence-corrected chi connectivity index (χ4v) is 4.22. The molecule has 2 aliphatic rings. The Kier molecular flexibility index (Phi) is 5.03. The summed E-state index contributed by atoms with van der Waals surface area (Å²) in [5, 5.41) is 0. The van der Waals surface area contributed by atoms with E-state index in [1.165, 1.54) is 0 Å². The first-order valence-electron chi connectivity index (χ1n) is 8.07. The third-order valence-corrected chi connectivity index (χ3v) is 5.64. The van der Waals surface area contributed by atoms with Crippen molar-refractivity contribution in [1.82, 2.24) is 9.44 Å². The molecule has 0 unspecified atom stereocenters. The molecule has 128 valence electrons. The Morgan fingerprint density at radius 3 is 2.35 bits per heavy atom. The van der Waals surface area contributed by atoms with Crippen LogP contribution < -0.4 is 9.44 Å². The molecule has 23 heavy (non-hydrogen) atoms. The highest BCUT2D eigenvalue weighted by molar-refractivity contribution is 7.87. The third-order valence-electron chi connectivity index (χ3n) is 4.47. The van der Waals surface area contributed by atoms with Crippen molar-refractivity contribution in [3.63, 3.8) is 0 Å². The molecule has 0 bridgehead atoms. The van der Waals surface area contributed by atoms with Crippen molar-refractivity contribution in [3.8, 4) is 0 Å². The number of hydrogen-bond acceptors (Lipinski definition) is 4. The fourth-order valence-electron chi connectivity index (χ4n) is 3.11. The molecule has 0 aromatic heterocycles. The molecule has 0 radical (unpaired) electrons. The van der Waals surface area contributed by atoms with Crippen molar-refractivity contribution in [2.24, 2.45) is 0 Å². The summed E-state index contributed by atoms with van der Waals surface area (Å²) in [5.41, 5.74) is 2.10. The van der Waals surface area contributed by atoms with E-state index in [1.807, 2.05) is 31.2 Å². The van der Waals surface area contributed by atoms with E-state index >= 15 is 0 Å². The van der Waals surface area contributed by atoms with Crippen molar-refractivity contribution in [2.75, 3.05) is 13.2 Å². The summed E-state index contributed by atoms with van der Waals surface area (Å²) in [5.74, 6) is -0.461. The minimum Gasteiger partial charge on any atom is -0.348 e. The van der Waals surface area contributed by atoms with E-state index < -0.39 is 16.0 Å². The molecule has 2 fully saturated rings. The molecule has 1 aromatic carbocycles. The van der Waals surface area contributed by atoms with Crippen LogP contribution in [-0.2, 0) is 26.2 Å². The van der Waals surface area contributed by atoms with Crippen molar-refractivity contribution in [3.05, 3.63) is 35.4 Å². The van der Waals surface area contributed by atoms with Gasteiger partial charge < -0.3 is 9.47 Å². The zero-order valence-corrected chi connectivity index (χ0v) is 14.2. The van der Waals surface area contributed by atoms with Gasteiger partial charge in [-0.15, -0.1) is 0 Å². The average Bonchev–Trinajstić information content (AvgIpc) is 2.98. The fraction of sp³-hybridized carbons (Fsp3) is 0.625. The monoisotopic (exact) mass is 340 g/mol. The number of nitrogens with one attached hydrogen (secondary N) is 2. The van der Waals surface area contributed by atoms with Crippen LogP contribution >= 0.6 is 0 Å².